The molecule has 0 saturated heterocycles. The lowest BCUT2D eigenvalue weighted by atomic mass is 9.77. The number of aliphatic hydroxyl groups is 1. The second kappa shape index (κ2) is 6.15. The molecule has 1 aromatic carbocycles. The van der Waals surface area contributed by atoms with E-state index < -0.39 is 5.41 Å². The molecule has 2 rings (SSSR count). The third kappa shape index (κ3) is 2.89. The maximum Gasteiger partial charge on any atom is 0.123 e. The molecule has 3 N–H and O–H groups in total. The fourth-order valence-corrected chi connectivity index (χ4v) is 2.43. The Kier molecular flexibility index (Phi) is 4.52. The highest BCUT2D eigenvalue weighted by Gasteiger charge is 2.30. The average Bonchev–Trinajstić information content (AvgIpc) is 2.86. The number of halogens is 1. The van der Waals surface area contributed by atoms with Crippen molar-refractivity contribution in [1.29, 1.82) is 0 Å². The van der Waals surface area contributed by atoms with Gasteiger partial charge in [0.05, 0.1) is 6.61 Å². The van der Waals surface area contributed by atoms with Gasteiger partial charge in [0.2, 0.25) is 0 Å². The third-order valence-electron chi connectivity index (χ3n) is 3.91. The van der Waals surface area contributed by atoms with Crippen LogP contribution in [0.25, 0.3) is 0 Å². The molecule has 1 aromatic heterocycles. The normalized spacial score (nSPS) is 14.2. The van der Waals surface area contributed by atoms with Crippen molar-refractivity contribution in [3.63, 3.8) is 0 Å². The maximum atomic E-state index is 13.4. The molecule has 108 valence electrons. The van der Waals surface area contributed by atoms with E-state index in [9.17, 15) is 9.50 Å². The van der Waals surface area contributed by atoms with Gasteiger partial charge in [0.15, 0.2) is 0 Å². The minimum Gasteiger partial charge on any atom is -0.395 e. The van der Waals surface area contributed by atoms with Crippen molar-refractivity contribution in [2.24, 2.45) is 12.8 Å². The number of rotatable bonds is 6. The molecule has 1 atom stereocenters. The van der Waals surface area contributed by atoms with E-state index in [2.05, 4.69) is 5.10 Å². The number of hydrogen-bond acceptors (Lipinski definition) is 3. The minimum atomic E-state index is -0.619. The summed E-state index contributed by atoms with van der Waals surface area (Å²) in [5.41, 5.74) is 7.06. The van der Waals surface area contributed by atoms with Crippen molar-refractivity contribution in [2.75, 3.05) is 13.2 Å². The van der Waals surface area contributed by atoms with Crippen LogP contribution in [0.2, 0.25) is 0 Å². The molecular formula is C15H20FN3O. The van der Waals surface area contributed by atoms with Gasteiger partial charge in [-0.25, -0.2) is 4.39 Å². The Morgan fingerprint density at radius 1 is 1.40 bits per heavy atom. The van der Waals surface area contributed by atoms with Gasteiger partial charge in [0, 0.05) is 30.9 Å². The highest BCUT2D eigenvalue weighted by molar-refractivity contribution is 5.27. The highest BCUT2D eigenvalue weighted by Crippen LogP contribution is 2.28. The number of aliphatic hydroxyl groups excluding tert-OH is 1. The molecular weight excluding hydrogens is 257 g/mol. The fraction of sp³-hybridized carbons (Fsp3) is 0.400. The predicted molar refractivity (Wildman–Crippen MR) is 75.7 cm³/mol. The van der Waals surface area contributed by atoms with Gasteiger partial charge in [0.25, 0.3) is 0 Å². The summed E-state index contributed by atoms with van der Waals surface area (Å²) >= 11 is 0. The molecule has 2 aromatic rings. The second-order valence-corrected chi connectivity index (χ2v) is 5.10. The lowest BCUT2D eigenvalue weighted by Crippen LogP contribution is -2.39. The Bertz CT molecular complexity index is 564. The first kappa shape index (κ1) is 14.7. The Hall–Kier alpha value is -1.72. The lowest BCUT2D eigenvalue weighted by molar-refractivity contribution is 0.187. The van der Waals surface area contributed by atoms with E-state index in [1.165, 1.54) is 12.1 Å². The number of aromatic nitrogens is 2. The van der Waals surface area contributed by atoms with Gasteiger partial charge in [-0.2, -0.15) is 5.10 Å². The molecule has 1 heterocycles. The molecule has 0 aliphatic heterocycles. The van der Waals surface area contributed by atoms with Crippen molar-refractivity contribution in [1.82, 2.24) is 9.78 Å². The van der Waals surface area contributed by atoms with Crippen molar-refractivity contribution < 1.29 is 9.50 Å². The molecule has 1 unspecified atom stereocenters. The molecule has 0 aliphatic rings. The fourth-order valence-electron chi connectivity index (χ4n) is 2.43. The van der Waals surface area contributed by atoms with Crippen LogP contribution in [-0.2, 0) is 18.9 Å². The van der Waals surface area contributed by atoms with Gasteiger partial charge in [-0.05, 0) is 36.6 Å². The third-order valence-corrected chi connectivity index (χ3v) is 3.91. The first-order chi connectivity index (χ1) is 9.61. The van der Waals surface area contributed by atoms with Crippen LogP contribution in [0.1, 0.15) is 17.7 Å². The zero-order chi connectivity index (χ0) is 14.6. The number of nitrogens with two attached hydrogens (primary N) is 1. The van der Waals surface area contributed by atoms with E-state index in [0.29, 0.717) is 6.42 Å². The average molecular weight is 277 g/mol. The smallest absolute Gasteiger partial charge is 0.123 e. The largest absolute Gasteiger partial charge is 0.395 e. The second-order valence-electron chi connectivity index (χ2n) is 5.10. The molecule has 5 heteroatoms. The van der Waals surface area contributed by atoms with Gasteiger partial charge in [-0.15, -0.1) is 0 Å². The first-order valence-electron chi connectivity index (χ1n) is 6.65. The number of aryl methyl sites for hydroxylation is 2. The van der Waals surface area contributed by atoms with Gasteiger partial charge in [-0.3, -0.25) is 4.68 Å². The summed E-state index contributed by atoms with van der Waals surface area (Å²) in [5, 5.41) is 13.9. The number of hydrogen-bond donors (Lipinski definition) is 2. The van der Waals surface area contributed by atoms with Crippen LogP contribution >= 0.6 is 0 Å². The zero-order valence-corrected chi connectivity index (χ0v) is 11.6. The van der Waals surface area contributed by atoms with Crippen molar-refractivity contribution in [3.8, 4) is 0 Å². The summed E-state index contributed by atoms with van der Waals surface area (Å²) in [4.78, 5) is 0. The number of nitrogens with zero attached hydrogens (tertiary/aromatic N) is 2. The summed E-state index contributed by atoms with van der Waals surface area (Å²) in [6, 6.07) is 8.24. The number of benzene rings is 1. The van der Waals surface area contributed by atoms with E-state index in [1.807, 2.05) is 19.2 Å². The van der Waals surface area contributed by atoms with Gasteiger partial charge >= 0.3 is 0 Å². The summed E-state index contributed by atoms with van der Waals surface area (Å²) < 4.78 is 15.2. The molecule has 0 amide bonds. The van der Waals surface area contributed by atoms with Gasteiger partial charge in [0.1, 0.15) is 5.82 Å². The lowest BCUT2D eigenvalue weighted by Gasteiger charge is -2.31. The minimum absolute atomic E-state index is 0.106. The van der Waals surface area contributed by atoms with Crippen LogP contribution in [0.3, 0.4) is 0 Å². The standard InChI is InChI=1S/C15H20FN3O/c1-19-14(6-8-18-19)5-7-15(10-17,11-20)12-3-2-4-13(16)9-12/h2-4,6,8-9,20H,5,7,10-11,17H2,1H3. The summed E-state index contributed by atoms with van der Waals surface area (Å²) in [7, 11) is 1.88. The SMILES string of the molecule is Cn1nccc1CCC(CN)(CO)c1cccc(F)c1. The maximum absolute atomic E-state index is 13.4. The summed E-state index contributed by atoms with van der Waals surface area (Å²) in [5.74, 6) is -0.311. The molecule has 0 saturated carbocycles. The van der Waals surface area contributed by atoms with E-state index in [4.69, 9.17) is 5.73 Å². The molecule has 4 nitrogen and oxygen atoms in total. The van der Waals surface area contributed by atoms with Gasteiger partial charge < -0.3 is 10.8 Å². The van der Waals surface area contributed by atoms with Crippen LogP contribution < -0.4 is 5.73 Å². The Morgan fingerprint density at radius 2 is 2.20 bits per heavy atom. The predicted octanol–water partition coefficient (Wildman–Crippen LogP) is 1.38. The van der Waals surface area contributed by atoms with Crippen molar-refractivity contribution >= 4 is 0 Å². The Labute approximate surface area is 118 Å². The first-order valence-corrected chi connectivity index (χ1v) is 6.65. The Morgan fingerprint density at radius 3 is 2.75 bits per heavy atom. The van der Waals surface area contributed by atoms with Crippen LogP contribution in [0.15, 0.2) is 36.5 Å². The van der Waals surface area contributed by atoms with E-state index >= 15 is 0 Å². The molecule has 0 spiro atoms. The topological polar surface area (TPSA) is 64.1 Å². The van der Waals surface area contributed by atoms with Gasteiger partial charge in [-0.1, -0.05) is 12.1 Å². The van der Waals surface area contributed by atoms with Crippen LogP contribution in [0.5, 0.6) is 0 Å². The highest BCUT2D eigenvalue weighted by atomic mass is 19.1. The van der Waals surface area contributed by atoms with Crippen LogP contribution in [0, 0.1) is 5.82 Å². The molecule has 0 aliphatic carbocycles. The quantitative estimate of drug-likeness (QED) is 0.838. The summed E-state index contributed by atoms with van der Waals surface area (Å²) in [6.45, 7) is 0.162. The molecule has 0 radical (unpaired) electrons. The van der Waals surface area contributed by atoms with Crippen LogP contribution in [0.4, 0.5) is 4.39 Å². The van der Waals surface area contributed by atoms with E-state index in [-0.39, 0.29) is 19.0 Å². The molecule has 0 fully saturated rings. The monoisotopic (exact) mass is 277 g/mol. The Balaban J connectivity index is 2.23. The molecule has 20 heavy (non-hydrogen) atoms. The van der Waals surface area contributed by atoms with Crippen molar-refractivity contribution in [3.05, 3.63) is 53.6 Å². The van der Waals surface area contributed by atoms with E-state index in [1.54, 1.807) is 16.9 Å². The molecule has 0 bridgehead atoms. The van der Waals surface area contributed by atoms with Crippen LogP contribution in [-0.4, -0.2) is 28.0 Å². The zero-order valence-electron chi connectivity index (χ0n) is 11.6. The van der Waals surface area contributed by atoms with Crippen molar-refractivity contribution in [2.45, 2.75) is 18.3 Å². The van der Waals surface area contributed by atoms with E-state index in [0.717, 1.165) is 17.7 Å². The summed E-state index contributed by atoms with van der Waals surface area (Å²) in [6.07, 6.45) is 3.11.